The summed E-state index contributed by atoms with van der Waals surface area (Å²) in [6.07, 6.45) is 3.16. The van der Waals surface area contributed by atoms with Crippen molar-refractivity contribution >= 4 is 0 Å². The standard InChI is InChI=1S/C18H26N4O2/c1-4-14-6-5-7-15(10-14)24-9-8-22-11-16(18(13-22)23-3)17-12-21(2)20-19-17/h5-7,10,12,16,18H,4,8-9,11,13H2,1-3H3/t16-,18+/m0/s1. The van der Waals surface area contributed by atoms with Crippen molar-refractivity contribution in [3.8, 4) is 5.75 Å². The number of rotatable bonds is 7. The zero-order valence-corrected chi connectivity index (χ0v) is 14.7. The van der Waals surface area contributed by atoms with Gasteiger partial charge in [0.15, 0.2) is 0 Å². The van der Waals surface area contributed by atoms with Crippen LogP contribution in [0.4, 0.5) is 0 Å². The van der Waals surface area contributed by atoms with Gasteiger partial charge in [0.1, 0.15) is 12.4 Å². The van der Waals surface area contributed by atoms with E-state index in [1.165, 1.54) is 5.56 Å². The molecule has 0 N–H and O–H groups in total. The molecule has 1 aromatic heterocycles. The Morgan fingerprint density at radius 3 is 2.88 bits per heavy atom. The average Bonchev–Trinajstić information content (AvgIpc) is 3.21. The molecule has 0 spiro atoms. The highest BCUT2D eigenvalue weighted by atomic mass is 16.5. The lowest BCUT2D eigenvalue weighted by Crippen LogP contribution is -2.27. The van der Waals surface area contributed by atoms with Crippen molar-refractivity contribution in [2.24, 2.45) is 7.05 Å². The van der Waals surface area contributed by atoms with Gasteiger partial charge in [-0.1, -0.05) is 24.3 Å². The summed E-state index contributed by atoms with van der Waals surface area (Å²) in [6.45, 7) is 5.54. The van der Waals surface area contributed by atoms with Crippen LogP contribution in [0.2, 0.25) is 0 Å². The molecule has 1 saturated heterocycles. The van der Waals surface area contributed by atoms with Crippen molar-refractivity contribution in [3.05, 3.63) is 41.7 Å². The van der Waals surface area contributed by atoms with Gasteiger partial charge in [0.2, 0.25) is 0 Å². The van der Waals surface area contributed by atoms with E-state index in [0.29, 0.717) is 6.61 Å². The SMILES string of the molecule is CCc1cccc(OCCN2C[C@@H](OC)[C@H](c3cn(C)nn3)C2)c1. The van der Waals surface area contributed by atoms with Crippen molar-refractivity contribution in [1.29, 1.82) is 0 Å². The average molecular weight is 330 g/mol. The maximum absolute atomic E-state index is 5.91. The van der Waals surface area contributed by atoms with Gasteiger partial charge < -0.3 is 9.47 Å². The second-order valence-corrected chi connectivity index (χ2v) is 6.31. The molecular weight excluding hydrogens is 304 g/mol. The van der Waals surface area contributed by atoms with Crippen LogP contribution in [0.3, 0.4) is 0 Å². The Morgan fingerprint density at radius 2 is 2.17 bits per heavy atom. The van der Waals surface area contributed by atoms with E-state index in [-0.39, 0.29) is 12.0 Å². The van der Waals surface area contributed by atoms with Crippen LogP contribution in [0.1, 0.15) is 24.1 Å². The minimum atomic E-state index is 0.158. The summed E-state index contributed by atoms with van der Waals surface area (Å²) in [4.78, 5) is 2.37. The lowest BCUT2D eigenvalue weighted by molar-refractivity contribution is 0.0948. The number of hydrogen-bond donors (Lipinski definition) is 0. The van der Waals surface area contributed by atoms with Gasteiger partial charge in [0, 0.05) is 45.9 Å². The largest absolute Gasteiger partial charge is 0.492 e. The van der Waals surface area contributed by atoms with Crippen molar-refractivity contribution < 1.29 is 9.47 Å². The second kappa shape index (κ2) is 7.77. The van der Waals surface area contributed by atoms with E-state index in [1.54, 1.807) is 11.8 Å². The summed E-state index contributed by atoms with van der Waals surface area (Å²) >= 11 is 0. The molecule has 0 bridgehead atoms. The van der Waals surface area contributed by atoms with Crippen molar-refractivity contribution in [1.82, 2.24) is 19.9 Å². The number of ether oxygens (including phenoxy) is 2. The first-order chi connectivity index (χ1) is 11.7. The Morgan fingerprint density at radius 1 is 1.29 bits per heavy atom. The third-order valence-corrected chi connectivity index (χ3v) is 4.63. The number of aromatic nitrogens is 3. The summed E-state index contributed by atoms with van der Waals surface area (Å²) in [5.41, 5.74) is 2.30. The van der Waals surface area contributed by atoms with E-state index >= 15 is 0 Å². The minimum absolute atomic E-state index is 0.158. The molecule has 0 unspecified atom stereocenters. The van der Waals surface area contributed by atoms with Gasteiger partial charge in [0.05, 0.1) is 11.8 Å². The van der Waals surface area contributed by atoms with Gasteiger partial charge in [-0.25, -0.2) is 0 Å². The number of aryl methyl sites for hydroxylation is 2. The minimum Gasteiger partial charge on any atom is -0.492 e. The molecule has 6 nitrogen and oxygen atoms in total. The van der Waals surface area contributed by atoms with Crippen LogP contribution in [0.5, 0.6) is 5.75 Å². The molecule has 1 aromatic carbocycles. The van der Waals surface area contributed by atoms with Gasteiger partial charge in [-0.15, -0.1) is 5.10 Å². The van der Waals surface area contributed by atoms with E-state index in [1.807, 2.05) is 19.3 Å². The normalized spacial score (nSPS) is 21.3. The zero-order chi connectivity index (χ0) is 16.9. The molecule has 0 amide bonds. The van der Waals surface area contributed by atoms with Gasteiger partial charge in [-0.2, -0.15) is 0 Å². The first-order valence-electron chi connectivity index (χ1n) is 8.52. The molecule has 6 heteroatoms. The summed E-state index contributed by atoms with van der Waals surface area (Å²) in [7, 11) is 3.66. The monoisotopic (exact) mass is 330 g/mol. The number of benzene rings is 1. The van der Waals surface area contributed by atoms with Crippen LogP contribution in [0.15, 0.2) is 30.5 Å². The lowest BCUT2D eigenvalue weighted by Gasteiger charge is -2.16. The van der Waals surface area contributed by atoms with Crippen LogP contribution >= 0.6 is 0 Å². The van der Waals surface area contributed by atoms with Crippen LogP contribution < -0.4 is 4.74 Å². The molecule has 0 saturated carbocycles. The summed E-state index contributed by atoms with van der Waals surface area (Å²) in [5.74, 6) is 1.22. The predicted molar refractivity (Wildman–Crippen MR) is 92.3 cm³/mol. The molecule has 0 aliphatic carbocycles. The lowest BCUT2D eigenvalue weighted by atomic mass is 10.0. The fraction of sp³-hybridized carbons (Fsp3) is 0.556. The molecule has 2 atom stereocenters. The van der Waals surface area contributed by atoms with E-state index in [4.69, 9.17) is 9.47 Å². The van der Waals surface area contributed by atoms with Crippen molar-refractivity contribution in [2.75, 3.05) is 33.4 Å². The number of likely N-dealkylation sites (tertiary alicyclic amines) is 1. The molecule has 2 heterocycles. The van der Waals surface area contributed by atoms with E-state index in [0.717, 1.165) is 37.5 Å². The Kier molecular flexibility index (Phi) is 5.48. The summed E-state index contributed by atoms with van der Waals surface area (Å²) in [5, 5.41) is 8.29. The Bertz CT molecular complexity index is 658. The molecular formula is C18H26N4O2. The molecule has 3 rings (SSSR count). The van der Waals surface area contributed by atoms with Gasteiger partial charge in [0.25, 0.3) is 0 Å². The molecule has 1 aliphatic rings. The molecule has 1 fully saturated rings. The van der Waals surface area contributed by atoms with Gasteiger partial charge >= 0.3 is 0 Å². The fourth-order valence-electron chi connectivity index (χ4n) is 3.24. The highest BCUT2D eigenvalue weighted by Gasteiger charge is 2.35. The molecule has 24 heavy (non-hydrogen) atoms. The summed E-state index contributed by atoms with van der Waals surface area (Å²) in [6, 6.07) is 8.31. The Hall–Kier alpha value is -1.92. The molecule has 130 valence electrons. The molecule has 0 radical (unpaired) electrons. The second-order valence-electron chi connectivity index (χ2n) is 6.31. The number of nitrogens with zero attached hydrogens (tertiary/aromatic N) is 4. The topological polar surface area (TPSA) is 52.4 Å². The van der Waals surface area contributed by atoms with Crippen molar-refractivity contribution in [2.45, 2.75) is 25.4 Å². The highest BCUT2D eigenvalue weighted by Crippen LogP contribution is 2.27. The van der Waals surface area contributed by atoms with Crippen LogP contribution in [0.25, 0.3) is 0 Å². The first kappa shape index (κ1) is 16.9. The third kappa shape index (κ3) is 3.94. The maximum atomic E-state index is 5.91. The van der Waals surface area contributed by atoms with Crippen LogP contribution in [-0.4, -0.2) is 59.3 Å². The zero-order valence-electron chi connectivity index (χ0n) is 14.7. The fourth-order valence-corrected chi connectivity index (χ4v) is 3.24. The van der Waals surface area contributed by atoms with Crippen molar-refractivity contribution in [3.63, 3.8) is 0 Å². The summed E-state index contributed by atoms with van der Waals surface area (Å²) < 4.78 is 13.3. The van der Waals surface area contributed by atoms with Crippen LogP contribution in [0, 0.1) is 0 Å². The van der Waals surface area contributed by atoms with Gasteiger partial charge in [-0.3, -0.25) is 9.58 Å². The number of methoxy groups -OCH3 is 1. The number of hydrogen-bond acceptors (Lipinski definition) is 5. The molecule has 1 aliphatic heterocycles. The Balaban J connectivity index is 1.52. The van der Waals surface area contributed by atoms with E-state index in [9.17, 15) is 0 Å². The molecule has 2 aromatic rings. The van der Waals surface area contributed by atoms with E-state index < -0.39 is 0 Å². The quantitative estimate of drug-likeness (QED) is 0.776. The smallest absolute Gasteiger partial charge is 0.119 e. The van der Waals surface area contributed by atoms with Crippen LogP contribution in [-0.2, 0) is 18.2 Å². The first-order valence-corrected chi connectivity index (χ1v) is 8.52. The maximum Gasteiger partial charge on any atom is 0.119 e. The van der Waals surface area contributed by atoms with Gasteiger partial charge in [-0.05, 0) is 24.1 Å². The third-order valence-electron chi connectivity index (χ3n) is 4.63. The highest BCUT2D eigenvalue weighted by molar-refractivity contribution is 5.28. The predicted octanol–water partition coefficient (Wildman–Crippen LogP) is 1.87. The van der Waals surface area contributed by atoms with E-state index in [2.05, 4.69) is 40.3 Å². The Labute approximate surface area is 143 Å².